The summed E-state index contributed by atoms with van der Waals surface area (Å²) in [5, 5.41) is 10.9. The molecule has 146 valence electrons. The Hall–Kier alpha value is -3.33. The number of methoxy groups -OCH3 is 1. The first-order valence-corrected chi connectivity index (χ1v) is 8.59. The second-order valence-electron chi connectivity index (χ2n) is 6.54. The van der Waals surface area contributed by atoms with Gasteiger partial charge in [-0.05, 0) is 26.0 Å². The molecule has 2 amide bonds. The molecule has 2 aromatic rings. The highest BCUT2D eigenvalue weighted by Crippen LogP contribution is 2.27. The average molecular weight is 385 g/mol. The molecule has 28 heavy (non-hydrogen) atoms. The maximum absolute atomic E-state index is 12.8. The van der Waals surface area contributed by atoms with Gasteiger partial charge < -0.3 is 9.30 Å². The van der Waals surface area contributed by atoms with Crippen LogP contribution >= 0.6 is 0 Å². The van der Waals surface area contributed by atoms with Gasteiger partial charge in [0.05, 0.1) is 29.2 Å². The molecule has 2 heterocycles. The Kier molecular flexibility index (Phi) is 5.10. The summed E-state index contributed by atoms with van der Waals surface area (Å²) in [5.41, 5.74) is 1.75. The highest BCUT2D eigenvalue weighted by Gasteiger charge is 2.38. The Bertz CT molecular complexity index is 1010. The van der Waals surface area contributed by atoms with E-state index in [-0.39, 0.29) is 22.6 Å². The fraction of sp³-hybridized carbons (Fsp3) is 0.316. The summed E-state index contributed by atoms with van der Waals surface area (Å²) in [4.78, 5) is 49.0. The number of ether oxygens (including phenoxy) is 1. The summed E-state index contributed by atoms with van der Waals surface area (Å²) in [6, 6.07) is 5.19. The second-order valence-corrected chi connectivity index (χ2v) is 6.54. The SMILES string of the molecule is COCCn1c(C)cc(C(=O)CN2C(=O)c3ccc([N+](=O)[O-])cc3C2=O)c1C. The van der Waals surface area contributed by atoms with Crippen LogP contribution in [0.15, 0.2) is 24.3 Å². The van der Waals surface area contributed by atoms with Crippen molar-refractivity contribution in [2.75, 3.05) is 20.3 Å². The summed E-state index contributed by atoms with van der Waals surface area (Å²) < 4.78 is 7.01. The molecule has 0 atom stereocenters. The van der Waals surface area contributed by atoms with E-state index >= 15 is 0 Å². The van der Waals surface area contributed by atoms with E-state index < -0.39 is 23.3 Å². The third-order valence-electron chi connectivity index (χ3n) is 4.86. The van der Waals surface area contributed by atoms with Crippen molar-refractivity contribution in [1.82, 2.24) is 9.47 Å². The molecule has 0 fully saturated rings. The van der Waals surface area contributed by atoms with Crippen LogP contribution in [0.1, 0.15) is 42.5 Å². The predicted octanol–water partition coefficient (Wildman–Crippen LogP) is 2.14. The maximum Gasteiger partial charge on any atom is 0.270 e. The number of amides is 2. The molecule has 0 radical (unpaired) electrons. The van der Waals surface area contributed by atoms with E-state index in [1.54, 1.807) is 20.1 Å². The summed E-state index contributed by atoms with van der Waals surface area (Å²) in [5.74, 6) is -1.71. The number of hydrogen-bond acceptors (Lipinski definition) is 6. The molecular weight excluding hydrogens is 366 g/mol. The molecule has 3 rings (SSSR count). The number of nitro benzene ring substituents is 1. The van der Waals surface area contributed by atoms with Crippen molar-refractivity contribution in [2.24, 2.45) is 0 Å². The molecule has 0 aliphatic carbocycles. The number of fused-ring (bicyclic) bond motifs is 1. The van der Waals surface area contributed by atoms with Crippen LogP contribution < -0.4 is 0 Å². The lowest BCUT2D eigenvalue weighted by Crippen LogP contribution is -2.35. The number of aromatic nitrogens is 1. The number of benzene rings is 1. The molecule has 1 aromatic carbocycles. The van der Waals surface area contributed by atoms with Gasteiger partial charge in [-0.25, -0.2) is 0 Å². The molecule has 0 N–H and O–H groups in total. The van der Waals surface area contributed by atoms with Crippen molar-refractivity contribution in [3.8, 4) is 0 Å². The summed E-state index contributed by atoms with van der Waals surface area (Å²) >= 11 is 0. The van der Waals surface area contributed by atoms with E-state index in [4.69, 9.17) is 4.74 Å². The zero-order valence-electron chi connectivity index (χ0n) is 15.7. The van der Waals surface area contributed by atoms with Crippen molar-refractivity contribution < 1.29 is 24.0 Å². The smallest absolute Gasteiger partial charge is 0.270 e. The number of nitro groups is 1. The van der Waals surface area contributed by atoms with Crippen molar-refractivity contribution in [3.63, 3.8) is 0 Å². The van der Waals surface area contributed by atoms with Crippen LogP contribution in [0.4, 0.5) is 5.69 Å². The number of rotatable bonds is 7. The topological polar surface area (TPSA) is 112 Å². The van der Waals surface area contributed by atoms with Gasteiger partial charge in [-0.3, -0.25) is 29.4 Å². The van der Waals surface area contributed by atoms with E-state index in [0.29, 0.717) is 18.7 Å². The zero-order valence-corrected chi connectivity index (χ0v) is 15.7. The van der Waals surface area contributed by atoms with Crippen LogP contribution in [0.5, 0.6) is 0 Å². The van der Waals surface area contributed by atoms with Crippen molar-refractivity contribution >= 4 is 23.3 Å². The summed E-state index contributed by atoms with van der Waals surface area (Å²) in [6.07, 6.45) is 0. The average Bonchev–Trinajstić information content (AvgIpc) is 3.08. The molecule has 0 unspecified atom stereocenters. The molecule has 1 aliphatic rings. The molecule has 0 saturated carbocycles. The predicted molar refractivity (Wildman–Crippen MR) is 98.6 cm³/mol. The van der Waals surface area contributed by atoms with Crippen LogP contribution in [0.3, 0.4) is 0 Å². The summed E-state index contributed by atoms with van der Waals surface area (Å²) in [7, 11) is 1.59. The monoisotopic (exact) mass is 385 g/mol. The maximum atomic E-state index is 12.8. The van der Waals surface area contributed by atoms with Gasteiger partial charge in [0, 0.05) is 42.7 Å². The number of aryl methyl sites for hydroxylation is 1. The molecule has 9 heteroatoms. The van der Waals surface area contributed by atoms with E-state index in [1.165, 1.54) is 12.1 Å². The number of carbonyl (C=O) groups is 3. The number of hydrogen-bond donors (Lipinski definition) is 0. The Balaban J connectivity index is 1.84. The minimum absolute atomic E-state index is 0.0578. The van der Waals surface area contributed by atoms with Crippen LogP contribution in [0, 0.1) is 24.0 Å². The highest BCUT2D eigenvalue weighted by molar-refractivity contribution is 6.23. The molecule has 0 saturated heterocycles. The van der Waals surface area contributed by atoms with Crippen molar-refractivity contribution in [3.05, 3.63) is 62.5 Å². The van der Waals surface area contributed by atoms with Crippen LogP contribution in [0.25, 0.3) is 0 Å². The first kappa shape index (κ1) is 19.4. The van der Waals surface area contributed by atoms with Crippen molar-refractivity contribution in [2.45, 2.75) is 20.4 Å². The quantitative estimate of drug-likeness (QED) is 0.312. The molecule has 9 nitrogen and oxygen atoms in total. The van der Waals surface area contributed by atoms with E-state index in [0.717, 1.165) is 22.4 Å². The third-order valence-corrected chi connectivity index (χ3v) is 4.86. The van der Waals surface area contributed by atoms with Crippen LogP contribution in [0.2, 0.25) is 0 Å². The lowest BCUT2D eigenvalue weighted by Gasteiger charge is -2.13. The molecule has 0 bridgehead atoms. The third kappa shape index (κ3) is 3.20. The Labute approximate surface area is 160 Å². The lowest BCUT2D eigenvalue weighted by molar-refractivity contribution is -0.384. The van der Waals surface area contributed by atoms with E-state index in [1.807, 2.05) is 11.5 Å². The fourth-order valence-corrected chi connectivity index (χ4v) is 3.37. The van der Waals surface area contributed by atoms with Crippen LogP contribution in [-0.4, -0.2) is 52.2 Å². The number of non-ortho nitro benzene ring substituents is 1. The first-order valence-electron chi connectivity index (χ1n) is 8.59. The fourth-order valence-electron chi connectivity index (χ4n) is 3.37. The minimum atomic E-state index is -0.703. The Morgan fingerprint density at radius 2 is 1.82 bits per heavy atom. The number of ketones is 1. The van der Waals surface area contributed by atoms with E-state index in [2.05, 4.69) is 0 Å². The Morgan fingerprint density at radius 1 is 1.14 bits per heavy atom. The first-order chi connectivity index (χ1) is 13.3. The molecule has 0 spiro atoms. The molecule has 1 aromatic heterocycles. The van der Waals surface area contributed by atoms with Crippen molar-refractivity contribution in [1.29, 1.82) is 0 Å². The van der Waals surface area contributed by atoms with E-state index in [9.17, 15) is 24.5 Å². The summed E-state index contributed by atoms with van der Waals surface area (Å²) in [6.45, 7) is 4.30. The Morgan fingerprint density at radius 3 is 2.46 bits per heavy atom. The van der Waals surface area contributed by atoms with Gasteiger partial charge >= 0.3 is 0 Å². The molecular formula is C19H19N3O6. The highest BCUT2D eigenvalue weighted by atomic mass is 16.6. The second kappa shape index (κ2) is 7.35. The molecule has 1 aliphatic heterocycles. The zero-order chi connectivity index (χ0) is 20.6. The van der Waals surface area contributed by atoms with Gasteiger partial charge in [0.25, 0.3) is 17.5 Å². The minimum Gasteiger partial charge on any atom is -0.383 e. The number of carbonyl (C=O) groups excluding carboxylic acids is 3. The number of Topliss-reactive ketones (excluding diaryl/α,β-unsaturated/α-hetero) is 1. The van der Waals surface area contributed by atoms with Gasteiger partial charge in [0.15, 0.2) is 5.78 Å². The number of imide groups is 1. The van der Waals surface area contributed by atoms with Gasteiger partial charge in [-0.2, -0.15) is 0 Å². The lowest BCUT2D eigenvalue weighted by atomic mass is 10.1. The van der Waals surface area contributed by atoms with Gasteiger partial charge in [-0.15, -0.1) is 0 Å². The van der Waals surface area contributed by atoms with Crippen LogP contribution in [-0.2, 0) is 11.3 Å². The normalized spacial score (nSPS) is 13.2. The van der Waals surface area contributed by atoms with Gasteiger partial charge in [0.2, 0.25) is 0 Å². The largest absolute Gasteiger partial charge is 0.383 e. The van der Waals surface area contributed by atoms with Gasteiger partial charge in [-0.1, -0.05) is 0 Å². The van der Waals surface area contributed by atoms with Gasteiger partial charge in [0.1, 0.15) is 0 Å². The number of nitrogens with zero attached hydrogens (tertiary/aromatic N) is 3. The standard InChI is InChI=1S/C19H19N3O6/c1-11-8-15(12(2)20(11)6-7-28-3)17(23)10-21-18(24)14-5-4-13(22(26)27)9-16(14)19(21)25/h4-5,8-9H,6-7,10H2,1-3H3.